The van der Waals surface area contributed by atoms with E-state index in [4.69, 9.17) is 4.74 Å². The molecule has 2 nitrogen and oxygen atoms in total. The van der Waals surface area contributed by atoms with Gasteiger partial charge in [-0.05, 0) is 18.9 Å². The van der Waals surface area contributed by atoms with Crippen molar-refractivity contribution in [3.8, 4) is 0 Å². The number of alkyl halides is 1. The molecule has 0 heterocycles. The van der Waals surface area contributed by atoms with Gasteiger partial charge in [0.1, 0.15) is 6.10 Å². The summed E-state index contributed by atoms with van der Waals surface area (Å²) in [6.07, 6.45) is 8.30. The molecule has 0 aliphatic carbocycles. The minimum Gasteiger partial charge on any atom is -0.458 e. The zero-order valence-corrected chi connectivity index (χ0v) is 10.5. The van der Waals surface area contributed by atoms with Gasteiger partial charge in [0.25, 0.3) is 0 Å². The van der Waals surface area contributed by atoms with Crippen LogP contribution in [0.25, 0.3) is 0 Å². The quantitative estimate of drug-likeness (QED) is 0.304. The van der Waals surface area contributed by atoms with E-state index in [9.17, 15) is 4.79 Å². The van der Waals surface area contributed by atoms with Gasteiger partial charge in [0.15, 0.2) is 0 Å². The predicted octanol–water partition coefficient (Wildman–Crippen LogP) is 3.45. The molecule has 0 rings (SSSR count). The van der Waals surface area contributed by atoms with Crippen LogP contribution in [0, 0.1) is 0 Å². The Morgan fingerprint density at radius 2 is 2.21 bits per heavy atom. The van der Waals surface area contributed by atoms with Crippen molar-refractivity contribution in [2.75, 3.05) is 5.33 Å². The van der Waals surface area contributed by atoms with Gasteiger partial charge in [-0.1, -0.05) is 41.8 Å². The monoisotopic (exact) mass is 262 g/mol. The van der Waals surface area contributed by atoms with Crippen LogP contribution in [0.15, 0.2) is 12.2 Å². The lowest BCUT2D eigenvalue weighted by molar-refractivity contribution is -0.144. The van der Waals surface area contributed by atoms with Gasteiger partial charge in [-0.25, -0.2) is 0 Å². The molecule has 14 heavy (non-hydrogen) atoms. The van der Waals surface area contributed by atoms with Crippen LogP contribution >= 0.6 is 15.9 Å². The highest BCUT2D eigenvalue weighted by molar-refractivity contribution is 9.09. The fourth-order valence-electron chi connectivity index (χ4n) is 1.21. The third-order valence-corrected chi connectivity index (χ3v) is 2.22. The summed E-state index contributed by atoms with van der Waals surface area (Å²) in [5, 5.41) is 0.804. The molecular formula is C11H19BrO2. The summed E-state index contributed by atoms with van der Waals surface area (Å²) in [5.74, 6) is -0.203. The standard InChI is InChI=1S/C11H19BrO2/c1-3-4-5-7-11(8-6-9-12)14-10(2)13/h6,8,11H,3-5,7,9H2,1-2H3/b8-6+. The maximum Gasteiger partial charge on any atom is 0.303 e. The van der Waals surface area contributed by atoms with Crippen molar-refractivity contribution in [3.63, 3.8) is 0 Å². The van der Waals surface area contributed by atoms with Gasteiger partial charge in [-0.2, -0.15) is 0 Å². The lowest BCUT2D eigenvalue weighted by Crippen LogP contribution is -2.13. The number of unbranched alkanes of at least 4 members (excludes halogenated alkanes) is 2. The van der Waals surface area contributed by atoms with Crippen molar-refractivity contribution in [1.82, 2.24) is 0 Å². The van der Waals surface area contributed by atoms with Crippen LogP contribution in [0.1, 0.15) is 39.5 Å². The van der Waals surface area contributed by atoms with E-state index in [0.717, 1.165) is 18.2 Å². The van der Waals surface area contributed by atoms with E-state index in [2.05, 4.69) is 22.9 Å². The van der Waals surface area contributed by atoms with Crippen LogP contribution in [-0.2, 0) is 9.53 Å². The summed E-state index contributed by atoms with van der Waals surface area (Å²) in [4.78, 5) is 10.8. The minimum absolute atomic E-state index is 0.0448. The number of hydrogen-bond donors (Lipinski definition) is 0. The Hall–Kier alpha value is -0.310. The molecule has 0 aliphatic heterocycles. The molecule has 0 saturated carbocycles. The van der Waals surface area contributed by atoms with Gasteiger partial charge in [-0.15, -0.1) is 0 Å². The first kappa shape index (κ1) is 13.7. The Kier molecular flexibility index (Phi) is 9.05. The lowest BCUT2D eigenvalue weighted by atomic mass is 10.1. The minimum atomic E-state index is -0.203. The fraction of sp³-hybridized carbons (Fsp3) is 0.727. The van der Waals surface area contributed by atoms with E-state index in [1.165, 1.54) is 19.8 Å². The molecule has 0 aromatic heterocycles. The molecule has 82 valence electrons. The second kappa shape index (κ2) is 9.25. The molecule has 0 aliphatic rings. The van der Waals surface area contributed by atoms with Crippen LogP contribution in [0.2, 0.25) is 0 Å². The van der Waals surface area contributed by atoms with Crippen molar-refractivity contribution in [2.24, 2.45) is 0 Å². The zero-order valence-electron chi connectivity index (χ0n) is 8.96. The topological polar surface area (TPSA) is 26.3 Å². The molecule has 0 N–H and O–H groups in total. The second-order valence-corrected chi connectivity index (χ2v) is 3.87. The van der Waals surface area contributed by atoms with Gasteiger partial charge in [-0.3, -0.25) is 4.79 Å². The summed E-state index contributed by atoms with van der Waals surface area (Å²) >= 11 is 3.30. The van der Waals surface area contributed by atoms with E-state index in [-0.39, 0.29) is 12.1 Å². The van der Waals surface area contributed by atoms with Crippen molar-refractivity contribution in [2.45, 2.75) is 45.6 Å². The van der Waals surface area contributed by atoms with E-state index in [1.54, 1.807) is 0 Å². The van der Waals surface area contributed by atoms with E-state index in [1.807, 2.05) is 12.2 Å². The molecule has 0 fully saturated rings. The molecule has 0 saturated heterocycles. The van der Waals surface area contributed by atoms with Gasteiger partial charge in [0, 0.05) is 12.3 Å². The molecule has 1 atom stereocenters. The number of hydrogen-bond acceptors (Lipinski definition) is 2. The number of esters is 1. The maximum atomic E-state index is 10.8. The van der Waals surface area contributed by atoms with Crippen LogP contribution in [0.3, 0.4) is 0 Å². The first-order valence-electron chi connectivity index (χ1n) is 5.10. The first-order chi connectivity index (χ1) is 6.70. The molecule has 0 aromatic carbocycles. The third kappa shape index (κ3) is 8.30. The highest BCUT2D eigenvalue weighted by Crippen LogP contribution is 2.08. The molecular weight excluding hydrogens is 244 g/mol. The van der Waals surface area contributed by atoms with Crippen molar-refractivity contribution < 1.29 is 9.53 Å². The number of ether oxygens (including phenoxy) is 1. The predicted molar refractivity (Wildman–Crippen MR) is 62.6 cm³/mol. The molecule has 3 heteroatoms. The Morgan fingerprint density at radius 3 is 2.71 bits per heavy atom. The van der Waals surface area contributed by atoms with E-state index >= 15 is 0 Å². The SMILES string of the molecule is CCCCCC(/C=C/CBr)OC(C)=O. The highest BCUT2D eigenvalue weighted by atomic mass is 79.9. The van der Waals surface area contributed by atoms with Gasteiger partial charge in [0.05, 0.1) is 0 Å². The molecule has 0 bridgehead atoms. The number of halogens is 1. The average molecular weight is 263 g/mol. The number of carbonyl (C=O) groups excluding carboxylic acids is 1. The molecule has 0 amide bonds. The van der Waals surface area contributed by atoms with Crippen LogP contribution in [0.5, 0.6) is 0 Å². The highest BCUT2D eigenvalue weighted by Gasteiger charge is 2.06. The Bertz CT molecular complexity index is 178. The second-order valence-electron chi connectivity index (χ2n) is 3.23. The van der Waals surface area contributed by atoms with Crippen molar-refractivity contribution in [1.29, 1.82) is 0 Å². The number of allylic oxidation sites excluding steroid dienone is 1. The van der Waals surface area contributed by atoms with E-state index < -0.39 is 0 Å². The largest absolute Gasteiger partial charge is 0.458 e. The average Bonchev–Trinajstić information content (AvgIpc) is 2.13. The molecule has 1 unspecified atom stereocenters. The normalized spacial score (nSPS) is 13.1. The fourth-order valence-corrected chi connectivity index (χ4v) is 1.42. The smallest absolute Gasteiger partial charge is 0.303 e. The Balaban J connectivity index is 3.84. The van der Waals surface area contributed by atoms with Gasteiger partial charge < -0.3 is 4.74 Å². The zero-order chi connectivity index (χ0) is 10.8. The van der Waals surface area contributed by atoms with Crippen molar-refractivity contribution in [3.05, 3.63) is 12.2 Å². The van der Waals surface area contributed by atoms with Crippen LogP contribution in [-0.4, -0.2) is 17.4 Å². The lowest BCUT2D eigenvalue weighted by Gasteiger charge is -2.12. The Morgan fingerprint density at radius 1 is 1.50 bits per heavy atom. The summed E-state index contributed by atoms with van der Waals surface area (Å²) in [7, 11) is 0. The third-order valence-electron chi connectivity index (χ3n) is 1.85. The van der Waals surface area contributed by atoms with Gasteiger partial charge in [0.2, 0.25) is 0 Å². The summed E-state index contributed by atoms with van der Waals surface area (Å²) < 4.78 is 5.15. The molecule has 0 spiro atoms. The van der Waals surface area contributed by atoms with E-state index in [0.29, 0.717) is 0 Å². The summed E-state index contributed by atoms with van der Waals surface area (Å²) in [5.41, 5.74) is 0. The number of rotatable bonds is 7. The Labute approximate surface area is 94.8 Å². The number of carbonyl (C=O) groups is 1. The van der Waals surface area contributed by atoms with Crippen molar-refractivity contribution >= 4 is 21.9 Å². The summed E-state index contributed by atoms with van der Waals surface area (Å²) in [6, 6.07) is 0. The summed E-state index contributed by atoms with van der Waals surface area (Å²) in [6.45, 7) is 3.62. The van der Waals surface area contributed by atoms with Crippen LogP contribution in [0.4, 0.5) is 0 Å². The van der Waals surface area contributed by atoms with Crippen LogP contribution < -0.4 is 0 Å². The molecule has 0 radical (unpaired) electrons. The molecule has 0 aromatic rings. The maximum absolute atomic E-state index is 10.8. The van der Waals surface area contributed by atoms with Gasteiger partial charge >= 0.3 is 5.97 Å². The first-order valence-corrected chi connectivity index (χ1v) is 6.22.